The van der Waals surface area contributed by atoms with Gasteiger partial charge < -0.3 is 10.4 Å². The van der Waals surface area contributed by atoms with E-state index >= 15 is 0 Å². The SMILES string of the molecule is CCc1ncsc1C(=O)NC(C)CCO. The standard InChI is InChI=1S/C10H16N2O2S/c1-3-8-9(15-6-11-8)10(14)12-7(2)4-5-13/h6-7,13H,3-5H2,1-2H3,(H,12,14). The lowest BCUT2D eigenvalue weighted by atomic mass is 10.2. The fourth-order valence-corrected chi connectivity index (χ4v) is 2.05. The highest BCUT2D eigenvalue weighted by Gasteiger charge is 2.14. The van der Waals surface area contributed by atoms with E-state index in [0.717, 1.165) is 12.1 Å². The molecule has 15 heavy (non-hydrogen) atoms. The quantitative estimate of drug-likeness (QED) is 0.796. The lowest BCUT2D eigenvalue weighted by Crippen LogP contribution is -2.33. The maximum absolute atomic E-state index is 11.7. The van der Waals surface area contributed by atoms with E-state index in [4.69, 9.17) is 5.11 Å². The van der Waals surface area contributed by atoms with Crippen LogP contribution in [-0.4, -0.2) is 28.6 Å². The number of aliphatic hydroxyl groups is 1. The van der Waals surface area contributed by atoms with Crippen LogP contribution in [0.15, 0.2) is 5.51 Å². The molecule has 0 aliphatic heterocycles. The number of carbonyl (C=O) groups excluding carboxylic acids is 1. The number of hydrogen-bond donors (Lipinski definition) is 2. The number of amides is 1. The molecule has 84 valence electrons. The summed E-state index contributed by atoms with van der Waals surface area (Å²) in [5, 5.41) is 11.5. The average Bonchev–Trinajstić information content (AvgIpc) is 2.65. The third kappa shape index (κ3) is 3.28. The third-order valence-corrected chi connectivity index (χ3v) is 2.99. The molecule has 0 aromatic carbocycles. The van der Waals surface area contributed by atoms with Gasteiger partial charge in [-0.3, -0.25) is 4.79 Å². The van der Waals surface area contributed by atoms with Gasteiger partial charge in [0, 0.05) is 12.6 Å². The lowest BCUT2D eigenvalue weighted by molar-refractivity contribution is 0.0937. The van der Waals surface area contributed by atoms with Crippen LogP contribution >= 0.6 is 11.3 Å². The van der Waals surface area contributed by atoms with E-state index < -0.39 is 0 Å². The summed E-state index contributed by atoms with van der Waals surface area (Å²) in [6.07, 6.45) is 1.34. The van der Waals surface area contributed by atoms with Gasteiger partial charge in [-0.05, 0) is 19.8 Å². The highest BCUT2D eigenvalue weighted by molar-refractivity contribution is 7.11. The lowest BCUT2D eigenvalue weighted by Gasteiger charge is -2.11. The Morgan fingerprint density at radius 2 is 2.47 bits per heavy atom. The Bertz CT molecular complexity index is 325. The monoisotopic (exact) mass is 228 g/mol. The number of nitrogens with zero attached hydrogens (tertiary/aromatic N) is 1. The number of aliphatic hydroxyl groups excluding tert-OH is 1. The predicted octanol–water partition coefficient (Wildman–Crippen LogP) is 1.21. The number of rotatable bonds is 5. The van der Waals surface area contributed by atoms with E-state index in [9.17, 15) is 4.79 Å². The van der Waals surface area contributed by atoms with Crippen LogP contribution in [0.4, 0.5) is 0 Å². The first-order valence-electron chi connectivity index (χ1n) is 5.03. The number of hydrogen-bond acceptors (Lipinski definition) is 4. The van der Waals surface area contributed by atoms with Crippen molar-refractivity contribution in [2.45, 2.75) is 32.7 Å². The molecule has 0 radical (unpaired) electrons. The Morgan fingerprint density at radius 1 is 1.73 bits per heavy atom. The zero-order chi connectivity index (χ0) is 11.3. The van der Waals surface area contributed by atoms with Crippen molar-refractivity contribution in [3.05, 3.63) is 16.1 Å². The van der Waals surface area contributed by atoms with Crippen molar-refractivity contribution in [1.29, 1.82) is 0 Å². The zero-order valence-electron chi connectivity index (χ0n) is 8.99. The Morgan fingerprint density at radius 3 is 3.07 bits per heavy atom. The van der Waals surface area contributed by atoms with Crippen molar-refractivity contribution in [3.8, 4) is 0 Å². The molecule has 1 atom stereocenters. The largest absolute Gasteiger partial charge is 0.396 e. The molecule has 1 aromatic heterocycles. The summed E-state index contributed by atoms with van der Waals surface area (Å²) >= 11 is 1.36. The molecule has 1 aromatic rings. The van der Waals surface area contributed by atoms with E-state index in [1.54, 1.807) is 5.51 Å². The molecule has 1 heterocycles. The van der Waals surface area contributed by atoms with E-state index in [1.165, 1.54) is 11.3 Å². The van der Waals surface area contributed by atoms with Crippen LogP contribution in [-0.2, 0) is 6.42 Å². The van der Waals surface area contributed by atoms with Crippen LogP contribution in [0.1, 0.15) is 35.6 Å². The summed E-state index contributed by atoms with van der Waals surface area (Å²) < 4.78 is 0. The normalized spacial score (nSPS) is 12.5. The maximum atomic E-state index is 11.7. The van der Waals surface area contributed by atoms with E-state index in [0.29, 0.717) is 11.3 Å². The summed E-state index contributed by atoms with van der Waals surface area (Å²) in [6, 6.07) is -0.00527. The number of aryl methyl sites for hydroxylation is 1. The van der Waals surface area contributed by atoms with E-state index in [-0.39, 0.29) is 18.6 Å². The minimum absolute atomic E-state index is 0.00527. The molecule has 0 spiro atoms. The molecule has 1 unspecified atom stereocenters. The fraction of sp³-hybridized carbons (Fsp3) is 0.600. The van der Waals surface area contributed by atoms with Crippen molar-refractivity contribution < 1.29 is 9.90 Å². The van der Waals surface area contributed by atoms with Gasteiger partial charge in [-0.25, -0.2) is 4.98 Å². The van der Waals surface area contributed by atoms with E-state index in [2.05, 4.69) is 10.3 Å². The van der Waals surface area contributed by atoms with Crippen molar-refractivity contribution in [2.24, 2.45) is 0 Å². The molecule has 0 bridgehead atoms. The minimum Gasteiger partial charge on any atom is -0.396 e. The first kappa shape index (κ1) is 12.1. The van der Waals surface area contributed by atoms with Gasteiger partial charge in [-0.15, -0.1) is 11.3 Å². The maximum Gasteiger partial charge on any atom is 0.263 e. The molecule has 0 saturated carbocycles. The predicted molar refractivity (Wildman–Crippen MR) is 60.1 cm³/mol. The summed E-state index contributed by atoms with van der Waals surface area (Å²) in [6.45, 7) is 3.94. The molecule has 0 fully saturated rings. The summed E-state index contributed by atoms with van der Waals surface area (Å²) in [4.78, 5) is 16.5. The van der Waals surface area contributed by atoms with Crippen LogP contribution in [0.25, 0.3) is 0 Å². The van der Waals surface area contributed by atoms with Gasteiger partial charge in [-0.2, -0.15) is 0 Å². The highest BCUT2D eigenvalue weighted by atomic mass is 32.1. The van der Waals surface area contributed by atoms with Gasteiger partial charge in [0.15, 0.2) is 0 Å². The van der Waals surface area contributed by atoms with Crippen LogP contribution in [0.2, 0.25) is 0 Å². The minimum atomic E-state index is -0.0877. The molecule has 1 rings (SSSR count). The number of carbonyl (C=O) groups is 1. The van der Waals surface area contributed by atoms with Gasteiger partial charge >= 0.3 is 0 Å². The van der Waals surface area contributed by atoms with Crippen molar-refractivity contribution >= 4 is 17.2 Å². The second-order valence-electron chi connectivity index (χ2n) is 3.37. The van der Waals surface area contributed by atoms with E-state index in [1.807, 2.05) is 13.8 Å². The zero-order valence-corrected chi connectivity index (χ0v) is 9.80. The highest BCUT2D eigenvalue weighted by Crippen LogP contribution is 2.13. The van der Waals surface area contributed by atoms with Gasteiger partial charge in [0.2, 0.25) is 0 Å². The van der Waals surface area contributed by atoms with Crippen LogP contribution in [0, 0.1) is 0 Å². The number of aromatic nitrogens is 1. The first-order valence-corrected chi connectivity index (χ1v) is 5.91. The van der Waals surface area contributed by atoms with Crippen LogP contribution < -0.4 is 5.32 Å². The molecule has 4 nitrogen and oxygen atoms in total. The molecule has 0 aliphatic carbocycles. The van der Waals surface area contributed by atoms with Gasteiger partial charge in [-0.1, -0.05) is 6.92 Å². The second kappa shape index (κ2) is 5.82. The first-order chi connectivity index (χ1) is 7.19. The topological polar surface area (TPSA) is 62.2 Å². The molecule has 0 aliphatic rings. The number of thiazole rings is 1. The van der Waals surface area contributed by atoms with Gasteiger partial charge in [0.1, 0.15) is 4.88 Å². The Labute approximate surface area is 93.4 Å². The molecule has 0 saturated heterocycles. The smallest absolute Gasteiger partial charge is 0.263 e. The number of nitrogens with one attached hydrogen (secondary N) is 1. The third-order valence-electron chi connectivity index (χ3n) is 2.12. The molecule has 2 N–H and O–H groups in total. The summed E-state index contributed by atoms with van der Waals surface area (Å²) in [5.74, 6) is -0.0877. The Balaban J connectivity index is 2.61. The van der Waals surface area contributed by atoms with Crippen LogP contribution in [0.3, 0.4) is 0 Å². The Hall–Kier alpha value is -0.940. The fourth-order valence-electron chi connectivity index (χ4n) is 1.26. The van der Waals surface area contributed by atoms with Crippen molar-refractivity contribution in [1.82, 2.24) is 10.3 Å². The molecular weight excluding hydrogens is 212 g/mol. The summed E-state index contributed by atoms with van der Waals surface area (Å²) in [7, 11) is 0. The van der Waals surface area contributed by atoms with Crippen molar-refractivity contribution in [3.63, 3.8) is 0 Å². The molecular formula is C10H16N2O2S. The average molecular weight is 228 g/mol. The van der Waals surface area contributed by atoms with Gasteiger partial charge in [0.05, 0.1) is 11.2 Å². The van der Waals surface area contributed by atoms with Crippen LogP contribution in [0.5, 0.6) is 0 Å². The molecule has 5 heteroatoms. The van der Waals surface area contributed by atoms with Gasteiger partial charge in [0.25, 0.3) is 5.91 Å². The van der Waals surface area contributed by atoms with Crippen molar-refractivity contribution in [2.75, 3.05) is 6.61 Å². The Kier molecular flexibility index (Phi) is 4.71. The molecule has 1 amide bonds. The second-order valence-corrected chi connectivity index (χ2v) is 4.22. The summed E-state index contributed by atoms with van der Waals surface area (Å²) in [5.41, 5.74) is 2.53.